The molecule has 0 heterocycles. The molecule has 3 aromatic carbocycles. The first-order chi connectivity index (χ1) is 14.3. The van der Waals surface area contributed by atoms with Crippen LogP contribution in [0.5, 0.6) is 11.5 Å². The summed E-state index contributed by atoms with van der Waals surface area (Å²) >= 11 is 0. The summed E-state index contributed by atoms with van der Waals surface area (Å²) in [5.41, 5.74) is 4.11. The third-order valence-corrected chi connectivity index (χ3v) is 5.43. The van der Waals surface area contributed by atoms with Crippen LogP contribution in [0, 0.1) is 6.92 Å². The Balaban J connectivity index is 1.65. The quantitative estimate of drug-likeness (QED) is 0.534. The minimum atomic E-state index is -3.69. The molecule has 158 valence electrons. The van der Waals surface area contributed by atoms with E-state index in [1.807, 2.05) is 25.1 Å². The molecule has 0 spiro atoms. The SMILES string of the molecule is CCOc1cc(CNc2ccc(S(N)(=O)=O)cc2)ccc1OCc1ccc(C)cc1. The van der Waals surface area contributed by atoms with Crippen LogP contribution in [-0.4, -0.2) is 15.0 Å². The Hall–Kier alpha value is -3.03. The summed E-state index contributed by atoms with van der Waals surface area (Å²) in [4.78, 5) is 0.0850. The summed E-state index contributed by atoms with van der Waals surface area (Å²) < 4.78 is 34.4. The van der Waals surface area contributed by atoms with Gasteiger partial charge in [-0.3, -0.25) is 0 Å². The van der Waals surface area contributed by atoms with Crippen molar-refractivity contribution in [3.63, 3.8) is 0 Å². The van der Waals surface area contributed by atoms with E-state index in [4.69, 9.17) is 14.6 Å². The summed E-state index contributed by atoms with van der Waals surface area (Å²) in [7, 11) is -3.69. The molecule has 0 saturated carbocycles. The molecule has 6 nitrogen and oxygen atoms in total. The molecule has 0 bridgehead atoms. The van der Waals surface area contributed by atoms with E-state index in [0.29, 0.717) is 31.3 Å². The summed E-state index contributed by atoms with van der Waals surface area (Å²) in [6.45, 7) is 5.54. The second-order valence-electron chi connectivity index (χ2n) is 6.91. The minimum absolute atomic E-state index is 0.0850. The summed E-state index contributed by atoms with van der Waals surface area (Å²) in [5, 5.41) is 8.39. The molecule has 0 amide bonds. The molecule has 0 unspecified atom stereocenters. The smallest absolute Gasteiger partial charge is 0.238 e. The van der Waals surface area contributed by atoms with Crippen LogP contribution in [0.15, 0.2) is 71.6 Å². The molecule has 0 fully saturated rings. The minimum Gasteiger partial charge on any atom is -0.490 e. The van der Waals surface area contributed by atoms with E-state index in [0.717, 1.165) is 16.8 Å². The molecule has 0 radical (unpaired) electrons. The lowest BCUT2D eigenvalue weighted by molar-refractivity contribution is 0.269. The summed E-state index contributed by atoms with van der Waals surface area (Å²) in [6, 6.07) is 20.4. The van der Waals surface area contributed by atoms with Gasteiger partial charge in [0.1, 0.15) is 6.61 Å². The summed E-state index contributed by atoms with van der Waals surface area (Å²) in [6.07, 6.45) is 0. The largest absolute Gasteiger partial charge is 0.490 e. The van der Waals surface area contributed by atoms with Gasteiger partial charge >= 0.3 is 0 Å². The molecule has 3 aromatic rings. The van der Waals surface area contributed by atoms with Crippen molar-refractivity contribution >= 4 is 15.7 Å². The van der Waals surface area contributed by atoms with Gasteiger partial charge in [-0.1, -0.05) is 35.9 Å². The molecule has 0 aliphatic rings. The maximum atomic E-state index is 11.3. The van der Waals surface area contributed by atoms with Gasteiger partial charge in [0.25, 0.3) is 0 Å². The van der Waals surface area contributed by atoms with Crippen molar-refractivity contribution < 1.29 is 17.9 Å². The average molecular weight is 427 g/mol. The highest BCUT2D eigenvalue weighted by Crippen LogP contribution is 2.29. The number of benzene rings is 3. The van der Waals surface area contributed by atoms with Gasteiger partial charge in [-0.2, -0.15) is 0 Å². The number of aryl methyl sites for hydroxylation is 1. The van der Waals surface area contributed by atoms with Crippen molar-refractivity contribution in [1.29, 1.82) is 0 Å². The topological polar surface area (TPSA) is 90.6 Å². The second-order valence-corrected chi connectivity index (χ2v) is 8.47. The fourth-order valence-corrected chi connectivity index (χ4v) is 3.38. The Morgan fingerprint density at radius 1 is 0.867 bits per heavy atom. The van der Waals surface area contributed by atoms with Crippen molar-refractivity contribution in [2.75, 3.05) is 11.9 Å². The number of primary sulfonamides is 1. The van der Waals surface area contributed by atoms with E-state index in [1.54, 1.807) is 12.1 Å². The lowest BCUT2D eigenvalue weighted by atomic mass is 10.1. The van der Waals surface area contributed by atoms with Crippen molar-refractivity contribution in [2.45, 2.75) is 31.9 Å². The maximum absolute atomic E-state index is 11.3. The first-order valence-corrected chi connectivity index (χ1v) is 11.2. The van der Waals surface area contributed by atoms with Gasteiger partial charge in [-0.15, -0.1) is 0 Å². The molecular weight excluding hydrogens is 400 g/mol. The van der Waals surface area contributed by atoms with Crippen molar-refractivity contribution in [1.82, 2.24) is 0 Å². The van der Waals surface area contributed by atoms with Crippen LogP contribution in [0.4, 0.5) is 5.69 Å². The first kappa shape index (κ1) is 21.7. The molecule has 30 heavy (non-hydrogen) atoms. The van der Waals surface area contributed by atoms with Gasteiger partial charge < -0.3 is 14.8 Å². The van der Waals surface area contributed by atoms with Gasteiger partial charge in [0.15, 0.2) is 11.5 Å². The Labute approximate surface area is 177 Å². The Bertz CT molecular complexity index is 1080. The van der Waals surface area contributed by atoms with E-state index in [2.05, 4.69) is 36.5 Å². The lowest BCUT2D eigenvalue weighted by Crippen LogP contribution is -2.12. The van der Waals surface area contributed by atoms with Crippen LogP contribution in [0.3, 0.4) is 0 Å². The van der Waals surface area contributed by atoms with E-state index in [9.17, 15) is 8.42 Å². The zero-order valence-corrected chi connectivity index (χ0v) is 17.9. The Morgan fingerprint density at radius 2 is 1.53 bits per heavy atom. The molecule has 3 rings (SSSR count). The van der Waals surface area contributed by atoms with E-state index < -0.39 is 10.0 Å². The van der Waals surface area contributed by atoms with E-state index in [-0.39, 0.29) is 4.90 Å². The molecular formula is C23H26N2O4S. The molecule has 3 N–H and O–H groups in total. The van der Waals surface area contributed by atoms with Crippen molar-refractivity contribution in [3.8, 4) is 11.5 Å². The zero-order chi connectivity index (χ0) is 21.6. The molecule has 0 aliphatic carbocycles. The maximum Gasteiger partial charge on any atom is 0.238 e. The highest BCUT2D eigenvalue weighted by atomic mass is 32.2. The third-order valence-electron chi connectivity index (χ3n) is 4.50. The zero-order valence-electron chi connectivity index (χ0n) is 17.1. The molecule has 0 saturated heterocycles. The van der Waals surface area contributed by atoms with Crippen LogP contribution >= 0.6 is 0 Å². The number of nitrogens with one attached hydrogen (secondary N) is 1. The van der Waals surface area contributed by atoms with Crippen LogP contribution in [-0.2, 0) is 23.2 Å². The van der Waals surface area contributed by atoms with Crippen LogP contribution in [0.2, 0.25) is 0 Å². The summed E-state index contributed by atoms with van der Waals surface area (Å²) in [5.74, 6) is 1.38. The van der Waals surface area contributed by atoms with Crippen LogP contribution in [0.1, 0.15) is 23.6 Å². The number of ether oxygens (including phenoxy) is 2. The normalized spacial score (nSPS) is 11.2. The fourth-order valence-electron chi connectivity index (χ4n) is 2.86. The lowest BCUT2D eigenvalue weighted by Gasteiger charge is -2.14. The monoisotopic (exact) mass is 426 g/mol. The molecule has 0 aromatic heterocycles. The standard InChI is InChI=1S/C23H26N2O4S/c1-3-28-23-14-19(15-25-20-9-11-21(12-10-20)30(24,26)27)8-13-22(23)29-16-18-6-4-17(2)5-7-18/h4-14,25H,3,15-16H2,1-2H3,(H2,24,26,27). The third kappa shape index (κ3) is 5.98. The number of anilines is 1. The van der Waals surface area contributed by atoms with Gasteiger partial charge in [-0.25, -0.2) is 13.6 Å². The van der Waals surface area contributed by atoms with Gasteiger partial charge in [0.05, 0.1) is 11.5 Å². The van der Waals surface area contributed by atoms with Gasteiger partial charge in [0.2, 0.25) is 10.0 Å². The molecule has 0 aliphatic heterocycles. The van der Waals surface area contributed by atoms with E-state index in [1.165, 1.54) is 17.7 Å². The number of rotatable bonds is 9. The van der Waals surface area contributed by atoms with E-state index >= 15 is 0 Å². The van der Waals surface area contributed by atoms with Crippen LogP contribution in [0.25, 0.3) is 0 Å². The number of hydrogen-bond acceptors (Lipinski definition) is 5. The predicted molar refractivity (Wildman–Crippen MR) is 118 cm³/mol. The van der Waals surface area contributed by atoms with Gasteiger partial charge in [-0.05, 0) is 61.4 Å². The average Bonchev–Trinajstić information content (AvgIpc) is 2.72. The predicted octanol–water partition coefficient (Wildman–Crippen LogP) is 4.23. The van der Waals surface area contributed by atoms with Crippen molar-refractivity contribution in [3.05, 3.63) is 83.4 Å². The van der Waals surface area contributed by atoms with Crippen molar-refractivity contribution in [2.24, 2.45) is 5.14 Å². The highest BCUT2D eigenvalue weighted by molar-refractivity contribution is 7.89. The first-order valence-electron chi connectivity index (χ1n) is 9.66. The van der Waals surface area contributed by atoms with Crippen LogP contribution < -0.4 is 19.9 Å². The highest BCUT2D eigenvalue weighted by Gasteiger charge is 2.09. The second kappa shape index (κ2) is 9.65. The molecule has 7 heteroatoms. The number of hydrogen-bond donors (Lipinski definition) is 2. The fraction of sp³-hybridized carbons (Fsp3) is 0.217. The Kier molecular flexibility index (Phi) is 6.97. The Morgan fingerprint density at radius 3 is 2.17 bits per heavy atom. The van der Waals surface area contributed by atoms with Gasteiger partial charge in [0, 0.05) is 12.2 Å². The number of sulfonamides is 1. The molecule has 0 atom stereocenters. The number of nitrogens with two attached hydrogens (primary N) is 1.